The van der Waals surface area contributed by atoms with Gasteiger partial charge in [-0.15, -0.1) is 0 Å². The molecule has 0 fully saturated rings. The van der Waals surface area contributed by atoms with Crippen LogP contribution in [-0.4, -0.2) is 26.7 Å². The summed E-state index contributed by atoms with van der Waals surface area (Å²) in [6.45, 7) is 0.320. The zero-order valence-electron chi connectivity index (χ0n) is 13.9. The fourth-order valence-corrected chi connectivity index (χ4v) is 3.04. The van der Waals surface area contributed by atoms with E-state index in [0.29, 0.717) is 31.6 Å². The van der Waals surface area contributed by atoms with Crippen LogP contribution in [0.5, 0.6) is 0 Å². The number of esters is 1. The van der Waals surface area contributed by atoms with Gasteiger partial charge in [0.15, 0.2) is 0 Å². The van der Waals surface area contributed by atoms with Gasteiger partial charge in [0.1, 0.15) is 11.2 Å². The summed E-state index contributed by atoms with van der Waals surface area (Å²) >= 11 is 0. The number of nitrogens with zero attached hydrogens (tertiary/aromatic N) is 3. The molecule has 6 heteroatoms. The Kier molecular flexibility index (Phi) is 6.04. The van der Waals surface area contributed by atoms with Crippen molar-refractivity contribution in [3.63, 3.8) is 0 Å². The molecule has 0 aliphatic heterocycles. The number of allylic oxidation sites excluding steroid dienone is 2. The third kappa shape index (κ3) is 3.60. The van der Waals surface area contributed by atoms with E-state index in [2.05, 4.69) is 10.0 Å². The van der Waals surface area contributed by atoms with Gasteiger partial charge in [-0.25, -0.2) is 0 Å². The van der Waals surface area contributed by atoms with Crippen molar-refractivity contribution in [1.82, 2.24) is 0 Å². The largest absolute Gasteiger partial charge is 0.500 e. The molecule has 1 aromatic carbocycles. The minimum atomic E-state index is -0.988. The Hall–Kier alpha value is -2.72. The van der Waals surface area contributed by atoms with Gasteiger partial charge in [0, 0.05) is 11.5 Å². The highest BCUT2D eigenvalue weighted by molar-refractivity contribution is 5.87. The molecule has 0 N–H and O–H groups in total. The van der Waals surface area contributed by atoms with Crippen LogP contribution in [0.25, 0.3) is 16.0 Å². The topological polar surface area (TPSA) is 84.3 Å². The monoisotopic (exact) mass is 327 g/mol. The summed E-state index contributed by atoms with van der Waals surface area (Å²) in [5.41, 5.74) is 9.55. The minimum absolute atomic E-state index is 0.320. The number of carbonyl (C=O) groups is 1. The van der Waals surface area contributed by atoms with E-state index in [1.165, 1.54) is 7.11 Å². The molecule has 2 rings (SSSR count). The van der Waals surface area contributed by atoms with Gasteiger partial charge in [-0.2, -0.15) is 0 Å². The Morgan fingerprint density at radius 1 is 1.33 bits per heavy atom. The van der Waals surface area contributed by atoms with Crippen LogP contribution in [0.2, 0.25) is 0 Å². The van der Waals surface area contributed by atoms with E-state index in [1.807, 2.05) is 42.5 Å². The summed E-state index contributed by atoms with van der Waals surface area (Å²) in [6.07, 6.45) is 5.55. The van der Waals surface area contributed by atoms with Gasteiger partial charge in [0.05, 0.1) is 14.2 Å². The SMILES string of the molecule is COC(=O)C1(CCCN=[N+]=[N-])C=C(c2ccccc2)CC=C1OC. The number of carbonyl (C=O) groups excluding carboxylic acids is 1. The maximum Gasteiger partial charge on any atom is 0.323 e. The molecule has 0 heterocycles. The first-order valence-corrected chi connectivity index (χ1v) is 7.79. The van der Waals surface area contributed by atoms with E-state index >= 15 is 0 Å². The summed E-state index contributed by atoms with van der Waals surface area (Å²) in [6, 6.07) is 9.91. The maximum absolute atomic E-state index is 12.6. The Morgan fingerprint density at radius 2 is 2.08 bits per heavy atom. The van der Waals surface area contributed by atoms with Crippen molar-refractivity contribution < 1.29 is 14.3 Å². The van der Waals surface area contributed by atoms with Gasteiger partial charge >= 0.3 is 5.97 Å². The first kappa shape index (κ1) is 17.6. The number of methoxy groups -OCH3 is 2. The third-order valence-electron chi connectivity index (χ3n) is 4.17. The number of ether oxygens (including phenoxy) is 2. The lowest BCUT2D eigenvalue weighted by molar-refractivity contribution is -0.150. The highest BCUT2D eigenvalue weighted by Crippen LogP contribution is 2.43. The lowest BCUT2D eigenvalue weighted by Crippen LogP contribution is -2.35. The fourth-order valence-electron chi connectivity index (χ4n) is 3.04. The highest BCUT2D eigenvalue weighted by atomic mass is 16.5. The molecule has 0 aromatic heterocycles. The number of rotatable bonds is 7. The molecule has 24 heavy (non-hydrogen) atoms. The average Bonchev–Trinajstić information content (AvgIpc) is 2.65. The van der Waals surface area contributed by atoms with Crippen LogP contribution in [0.1, 0.15) is 24.8 Å². The molecule has 1 aliphatic rings. The van der Waals surface area contributed by atoms with E-state index in [0.717, 1.165) is 11.1 Å². The van der Waals surface area contributed by atoms with E-state index in [1.54, 1.807) is 7.11 Å². The molecule has 0 saturated heterocycles. The second-order valence-electron chi connectivity index (χ2n) is 5.53. The van der Waals surface area contributed by atoms with E-state index in [4.69, 9.17) is 15.0 Å². The lowest BCUT2D eigenvalue weighted by Gasteiger charge is -2.33. The molecule has 1 aromatic rings. The molecule has 0 spiro atoms. The smallest absolute Gasteiger partial charge is 0.323 e. The van der Waals surface area contributed by atoms with Gasteiger partial charge in [0.25, 0.3) is 0 Å². The molecule has 0 saturated carbocycles. The van der Waals surface area contributed by atoms with Crippen LogP contribution in [-0.2, 0) is 14.3 Å². The van der Waals surface area contributed by atoms with Crippen molar-refractivity contribution in [2.75, 3.05) is 20.8 Å². The zero-order chi connectivity index (χ0) is 17.4. The van der Waals surface area contributed by atoms with Gasteiger partial charge in [-0.05, 0) is 42.0 Å². The Labute approximate surface area is 141 Å². The molecule has 126 valence electrons. The van der Waals surface area contributed by atoms with Crippen molar-refractivity contribution in [2.24, 2.45) is 10.5 Å². The fraction of sp³-hybridized carbons (Fsp3) is 0.389. The third-order valence-corrected chi connectivity index (χ3v) is 4.17. The lowest BCUT2D eigenvalue weighted by atomic mass is 9.74. The summed E-state index contributed by atoms with van der Waals surface area (Å²) in [5, 5.41) is 3.55. The highest BCUT2D eigenvalue weighted by Gasteiger charge is 2.44. The minimum Gasteiger partial charge on any atom is -0.500 e. The number of hydrogen-bond donors (Lipinski definition) is 0. The molecule has 0 bridgehead atoms. The number of benzene rings is 1. The second kappa shape index (κ2) is 8.22. The predicted octanol–water partition coefficient (Wildman–Crippen LogP) is 4.25. The Bertz CT molecular complexity index is 691. The van der Waals surface area contributed by atoms with Gasteiger partial charge in [-0.3, -0.25) is 4.79 Å². The van der Waals surface area contributed by atoms with Crippen LogP contribution in [0.4, 0.5) is 0 Å². The van der Waals surface area contributed by atoms with E-state index in [9.17, 15) is 4.79 Å². The number of azide groups is 1. The summed E-state index contributed by atoms with van der Waals surface area (Å²) < 4.78 is 10.5. The Morgan fingerprint density at radius 3 is 2.71 bits per heavy atom. The van der Waals surface area contributed by atoms with Crippen LogP contribution in [0.3, 0.4) is 0 Å². The first-order valence-electron chi connectivity index (χ1n) is 7.79. The van der Waals surface area contributed by atoms with Gasteiger partial charge in [-0.1, -0.05) is 41.5 Å². The quantitative estimate of drug-likeness (QED) is 0.247. The van der Waals surface area contributed by atoms with Crippen LogP contribution in [0.15, 0.2) is 53.4 Å². The standard InChI is InChI=1S/C18H21N3O3/c1-23-16-10-9-15(14-7-4-3-5-8-14)13-18(16,17(22)24-2)11-6-12-20-21-19/h3-5,7-8,10,13H,6,9,11-12H2,1-2H3. The summed E-state index contributed by atoms with van der Waals surface area (Å²) in [4.78, 5) is 15.4. The van der Waals surface area contributed by atoms with Crippen LogP contribution >= 0.6 is 0 Å². The molecular formula is C18H21N3O3. The van der Waals surface area contributed by atoms with E-state index in [-0.39, 0.29) is 5.97 Å². The molecule has 1 unspecified atom stereocenters. The van der Waals surface area contributed by atoms with E-state index < -0.39 is 5.41 Å². The summed E-state index contributed by atoms with van der Waals surface area (Å²) in [5.74, 6) is 0.208. The second-order valence-corrected chi connectivity index (χ2v) is 5.53. The van der Waals surface area contributed by atoms with Gasteiger partial charge < -0.3 is 9.47 Å². The molecular weight excluding hydrogens is 306 g/mol. The van der Waals surface area contributed by atoms with Crippen molar-refractivity contribution >= 4 is 11.5 Å². The predicted molar refractivity (Wildman–Crippen MR) is 91.8 cm³/mol. The molecule has 1 aliphatic carbocycles. The molecule has 0 amide bonds. The van der Waals surface area contributed by atoms with Crippen LogP contribution in [0, 0.1) is 5.41 Å². The van der Waals surface area contributed by atoms with Crippen molar-refractivity contribution in [3.05, 3.63) is 64.2 Å². The van der Waals surface area contributed by atoms with Crippen LogP contribution < -0.4 is 0 Å². The van der Waals surface area contributed by atoms with Crippen molar-refractivity contribution in [2.45, 2.75) is 19.3 Å². The normalized spacial score (nSPS) is 19.6. The summed E-state index contributed by atoms with van der Waals surface area (Å²) in [7, 11) is 2.92. The van der Waals surface area contributed by atoms with Crippen molar-refractivity contribution in [3.8, 4) is 0 Å². The Balaban J connectivity index is 2.42. The van der Waals surface area contributed by atoms with Gasteiger partial charge in [0.2, 0.25) is 0 Å². The average molecular weight is 327 g/mol. The first-order chi connectivity index (χ1) is 11.7. The number of hydrogen-bond acceptors (Lipinski definition) is 4. The zero-order valence-corrected chi connectivity index (χ0v) is 13.9. The van der Waals surface area contributed by atoms with Crippen molar-refractivity contribution in [1.29, 1.82) is 0 Å². The maximum atomic E-state index is 12.6. The molecule has 6 nitrogen and oxygen atoms in total. The molecule has 0 radical (unpaired) electrons. The molecule has 1 atom stereocenters.